The summed E-state index contributed by atoms with van der Waals surface area (Å²) in [5.74, 6) is -0.0306. The standard InChI is InChI=1S/C6H9IO2/c1-6(4-7)2-3-9-5(6)8/h2-4H2,1H3. The van der Waals surface area contributed by atoms with E-state index in [1.54, 1.807) is 0 Å². The zero-order valence-corrected chi connectivity index (χ0v) is 7.47. The fourth-order valence-corrected chi connectivity index (χ4v) is 1.46. The summed E-state index contributed by atoms with van der Waals surface area (Å²) in [5.41, 5.74) is -0.180. The van der Waals surface area contributed by atoms with Gasteiger partial charge in [0.25, 0.3) is 0 Å². The van der Waals surface area contributed by atoms with Crippen LogP contribution in [0.2, 0.25) is 0 Å². The van der Waals surface area contributed by atoms with E-state index in [-0.39, 0.29) is 11.4 Å². The van der Waals surface area contributed by atoms with Gasteiger partial charge < -0.3 is 4.74 Å². The van der Waals surface area contributed by atoms with Crippen molar-refractivity contribution in [3.63, 3.8) is 0 Å². The van der Waals surface area contributed by atoms with E-state index in [9.17, 15) is 4.79 Å². The van der Waals surface area contributed by atoms with Gasteiger partial charge in [0, 0.05) is 4.43 Å². The van der Waals surface area contributed by atoms with Gasteiger partial charge in [0.1, 0.15) is 0 Å². The van der Waals surface area contributed by atoms with Crippen molar-refractivity contribution in [3.05, 3.63) is 0 Å². The smallest absolute Gasteiger partial charge is 0.312 e. The molecule has 0 radical (unpaired) electrons. The van der Waals surface area contributed by atoms with Crippen LogP contribution in [0.4, 0.5) is 0 Å². The van der Waals surface area contributed by atoms with Gasteiger partial charge in [-0.25, -0.2) is 0 Å². The number of rotatable bonds is 1. The molecule has 0 bridgehead atoms. The van der Waals surface area contributed by atoms with Gasteiger partial charge in [-0.05, 0) is 13.3 Å². The van der Waals surface area contributed by atoms with Gasteiger partial charge in [0.05, 0.1) is 12.0 Å². The number of cyclic esters (lactones) is 1. The molecule has 1 atom stereocenters. The van der Waals surface area contributed by atoms with E-state index in [0.717, 1.165) is 10.8 Å². The zero-order valence-electron chi connectivity index (χ0n) is 5.32. The lowest BCUT2D eigenvalue weighted by Gasteiger charge is -2.12. The Hall–Kier alpha value is 0.200. The van der Waals surface area contributed by atoms with Gasteiger partial charge in [-0.2, -0.15) is 0 Å². The number of hydrogen-bond acceptors (Lipinski definition) is 2. The van der Waals surface area contributed by atoms with Crippen molar-refractivity contribution in [1.29, 1.82) is 0 Å². The first-order valence-corrected chi connectivity index (χ1v) is 4.45. The number of ether oxygens (including phenoxy) is 1. The van der Waals surface area contributed by atoms with E-state index in [1.807, 2.05) is 6.92 Å². The van der Waals surface area contributed by atoms with Crippen molar-refractivity contribution in [2.45, 2.75) is 13.3 Å². The number of carbonyl (C=O) groups is 1. The van der Waals surface area contributed by atoms with E-state index in [4.69, 9.17) is 4.74 Å². The van der Waals surface area contributed by atoms with E-state index in [2.05, 4.69) is 22.6 Å². The lowest BCUT2D eigenvalue weighted by atomic mass is 9.92. The Labute approximate surface area is 68.1 Å². The van der Waals surface area contributed by atoms with Crippen molar-refractivity contribution in [2.24, 2.45) is 5.41 Å². The maximum atomic E-state index is 10.9. The highest BCUT2D eigenvalue weighted by atomic mass is 127. The first-order chi connectivity index (χ1) is 4.19. The van der Waals surface area contributed by atoms with E-state index in [1.165, 1.54) is 0 Å². The summed E-state index contributed by atoms with van der Waals surface area (Å²) in [6.07, 6.45) is 0.884. The van der Waals surface area contributed by atoms with Crippen LogP contribution in [0.15, 0.2) is 0 Å². The molecular formula is C6H9IO2. The van der Waals surface area contributed by atoms with Crippen LogP contribution < -0.4 is 0 Å². The molecule has 1 aliphatic heterocycles. The van der Waals surface area contributed by atoms with Crippen LogP contribution in [-0.4, -0.2) is 17.0 Å². The molecule has 0 saturated carbocycles. The topological polar surface area (TPSA) is 26.3 Å². The summed E-state index contributed by atoms with van der Waals surface area (Å²) in [6.45, 7) is 2.56. The molecule has 0 aromatic carbocycles. The summed E-state index contributed by atoms with van der Waals surface area (Å²) < 4.78 is 5.68. The molecule has 1 saturated heterocycles. The van der Waals surface area contributed by atoms with Crippen LogP contribution in [0.3, 0.4) is 0 Å². The SMILES string of the molecule is CC1(CI)CCOC1=O. The Morgan fingerprint density at radius 3 is 2.78 bits per heavy atom. The second-order valence-corrected chi connectivity index (χ2v) is 3.34. The summed E-state index contributed by atoms with van der Waals surface area (Å²) in [4.78, 5) is 10.9. The normalized spacial score (nSPS) is 34.7. The minimum Gasteiger partial charge on any atom is -0.465 e. The van der Waals surface area contributed by atoms with Crippen LogP contribution in [-0.2, 0) is 9.53 Å². The first-order valence-electron chi connectivity index (χ1n) is 2.92. The molecule has 9 heavy (non-hydrogen) atoms. The maximum absolute atomic E-state index is 10.9. The molecule has 1 aliphatic rings. The molecule has 1 heterocycles. The predicted molar refractivity (Wildman–Crippen MR) is 42.6 cm³/mol. The largest absolute Gasteiger partial charge is 0.465 e. The van der Waals surface area contributed by atoms with Gasteiger partial charge in [-0.15, -0.1) is 0 Å². The van der Waals surface area contributed by atoms with Gasteiger partial charge >= 0.3 is 5.97 Å². The summed E-state index contributed by atoms with van der Waals surface area (Å²) >= 11 is 2.22. The minimum atomic E-state index is -0.180. The second kappa shape index (κ2) is 2.44. The Morgan fingerprint density at radius 2 is 2.56 bits per heavy atom. The third kappa shape index (κ3) is 1.20. The van der Waals surface area contributed by atoms with Gasteiger partial charge in [0.15, 0.2) is 0 Å². The molecule has 2 nitrogen and oxygen atoms in total. The molecule has 1 rings (SSSR count). The number of esters is 1. The first kappa shape index (κ1) is 7.31. The molecule has 1 unspecified atom stereocenters. The number of carbonyl (C=O) groups excluding carboxylic acids is 1. The molecule has 0 amide bonds. The molecule has 0 spiro atoms. The highest BCUT2D eigenvalue weighted by molar-refractivity contribution is 14.1. The molecule has 1 fully saturated rings. The Bertz CT molecular complexity index is 135. The third-order valence-corrected chi connectivity index (χ3v) is 3.36. The van der Waals surface area contributed by atoms with Crippen LogP contribution in [0.25, 0.3) is 0 Å². The molecule has 0 N–H and O–H groups in total. The van der Waals surface area contributed by atoms with E-state index in [0.29, 0.717) is 6.61 Å². The molecule has 0 aromatic rings. The molecule has 0 aliphatic carbocycles. The summed E-state index contributed by atoms with van der Waals surface area (Å²) in [5, 5.41) is 0. The van der Waals surface area contributed by atoms with Crippen LogP contribution in [0.5, 0.6) is 0 Å². The van der Waals surface area contributed by atoms with Crippen molar-refractivity contribution in [3.8, 4) is 0 Å². The molecule has 52 valence electrons. The minimum absolute atomic E-state index is 0.0306. The predicted octanol–water partition coefficient (Wildman–Crippen LogP) is 1.37. The lowest BCUT2D eigenvalue weighted by molar-refractivity contribution is -0.144. The Kier molecular flexibility index (Phi) is 1.98. The fourth-order valence-electron chi connectivity index (χ4n) is 0.767. The van der Waals surface area contributed by atoms with Crippen molar-refractivity contribution < 1.29 is 9.53 Å². The van der Waals surface area contributed by atoms with Crippen LogP contribution in [0, 0.1) is 5.41 Å². The van der Waals surface area contributed by atoms with E-state index >= 15 is 0 Å². The number of hydrogen-bond donors (Lipinski definition) is 0. The lowest BCUT2D eigenvalue weighted by Crippen LogP contribution is -2.23. The monoisotopic (exact) mass is 240 g/mol. The van der Waals surface area contributed by atoms with Crippen molar-refractivity contribution in [1.82, 2.24) is 0 Å². The third-order valence-electron chi connectivity index (χ3n) is 1.67. The molecule has 3 heteroatoms. The van der Waals surface area contributed by atoms with Gasteiger partial charge in [-0.1, -0.05) is 22.6 Å². The van der Waals surface area contributed by atoms with Gasteiger partial charge in [-0.3, -0.25) is 4.79 Å². The average Bonchev–Trinajstić information content (AvgIpc) is 2.15. The van der Waals surface area contributed by atoms with E-state index < -0.39 is 0 Å². The quantitative estimate of drug-likeness (QED) is 0.393. The average molecular weight is 240 g/mol. The maximum Gasteiger partial charge on any atom is 0.312 e. The van der Waals surface area contributed by atoms with Crippen molar-refractivity contribution in [2.75, 3.05) is 11.0 Å². The van der Waals surface area contributed by atoms with Crippen molar-refractivity contribution >= 4 is 28.6 Å². The fraction of sp³-hybridized carbons (Fsp3) is 0.833. The zero-order chi connectivity index (χ0) is 6.91. The van der Waals surface area contributed by atoms with Crippen LogP contribution in [0.1, 0.15) is 13.3 Å². The molecule has 0 aromatic heterocycles. The summed E-state index contributed by atoms with van der Waals surface area (Å²) in [6, 6.07) is 0. The van der Waals surface area contributed by atoms with Crippen LogP contribution >= 0.6 is 22.6 Å². The number of alkyl halides is 1. The Balaban J connectivity index is 2.67. The summed E-state index contributed by atoms with van der Waals surface area (Å²) in [7, 11) is 0. The second-order valence-electron chi connectivity index (χ2n) is 2.58. The highest BCUT2D eigenvalue weighted by Crippen LogP contribution is 2.30. The molecular weight excluding hydrogens is 231 g/mol. The Morgan fingerprint density at radius 1 is 1.89 bits per heavy atom. The highest BCUT2D eigenvalue weighted by Gasteiger charge is 2.38. The number of halogens is 1. The van der Waals surface area contributed by atoms with Gasteiger partial charge in [0.2, 0.25) is 0 Å².